The van der Waals surface area contributed by atoms with Gasteiger partial charge in [0.2, 0.25) is 5.91 Å². The second kappa shape index (κ2) is 6.68. The van der Waals surface area contributed by atoms with Gasteiger partial charge in [-0.2, -0.15) is 11.3 Å². The van der Waals surface area contributed by atoms with Crippen LogP contribution in [0.4, 0.5) is 10.5 Å². The first kappa shape index (κ1) is 17.2. The number of imide groups is 1. The zero-order valence-electron chi connectivity index (χ0n) is 14.0. The SMILES string of the molecule is CCc1ccccc1NC(=O)CN1C(=O)N[C@@](C)(c2ccsc2)C1=O. The molecular formula is C18H19N3O3S. The minimum atomic E-state index is -1.13. The average molecular weight is 357 g/mol. The molecule has 0 aliphatic carbocycles. The highest BCUT2D eigenvalue weighted by Crippen LogP contribution is 2.30. The summed E-state index contributed by atoms with van der Waals surface area (Å²) in [7, 11) is 0. The molecule has 1 fully saturated rings. The molecule has 0 radical (unpaired) electrons. The largest absolute Gasteiger partial charge is 0.325 e. The van der Waals surface area contributed by atoms with Gasteiger partial charge in [-0.25, -0.2) is 4.79 Å². The second-order valence-corrected chi connectivity index (χ2v) is 6.80. The van der Waals surface area contributed by atoms with E-state index < -0.39 is 23.4 Å². The van der Waals surface area contributed by atoms with Crippen LogP contribution in [0.15, 0.2) is 41.1 Å². The Balaban J connectivity index is 1.73. The molecule has 3 rings (SSSR count). The average Bonchev–Trinajstić information content (AvgIpc) is 3.20. The molecule has 4 amide bonds. The second-order valence-electron chi connectivity index (χ2n) is 6.02. The number of benzene rings is 1. The molecule has 1 saturated heterocycles. The molecule has 0 bridgehead atoms. The summed E-state index contributed by atoms with van der Waals surface area (Å²) in [5.41, 5.74) is 1.28. The predicted molar refractivity (Wildman–Crippen MR) is 96.4 cm³/mol. The van der Waals surface area contributed by atoms with Crippen molar-refractivity contribution in [3.05, 3.63) is 52.2 Å². The molecule has 0 spiro atoms. The molecule has 25 heavy (non-hydrogen) atoms. The van der Waals surface area contributed by atoms with Crippen LogP contribution in [-0.4, -0.2) is 29.3 Å². The van der Waals surface area contributed by atoms with Crippen molar-refractivity contribution in [3.63, 3.8) is 0 Å². The number of amides is 4. The van der Waals surface area contributed by atoms with Crippen LogP contribution in [0.5, 0.6) is 0 Å². The van der Waals surface area contributed by atoms with E-state index >= 15 is 0 Å². The van der Waals surface area contributed by atoms with Crippen LogP contribution in [0, 0.1) is 0 Å². The summed E-state index contributed by atoms with van der Waals surface area (Å²) in [5, 5.41) is 9.13. The number of aryl methyl sites for hydroxylation is 1. The highest BCUT2D eigenvalue weighted by Gasteiger charge is 2.49. The lowest BCUT2D eigenvalue weighted by atomic mass is 9.95. The summed E-state index contributed by atoms with van der Waals surface area (Å²) in [6.45, 7) is 3.33. The van der Waals surface area contributed by atoms with Gasteiger partial charge in [0, 0.05) is 5.69 Å². The van der Waals surface area contributed by atoms with Gasteiger partial charge < -0.3 is 10.6 Å². The van der Waals surface area contributed by atoms with E-state index in [2.05, 4.69) is 10.6 Å². The fourth-order valence-electron chi connectivity index (χ4n) is 2.87. The fraction of sp³-hybridized carbons (Fsp3) is 0.278. The quantitative estimate of drug-likeness (QED) is 0.808. The minimum Gasteiger partial charge on any atom is -0.324 e. The maximum Gasteiger partial charge on any atom is 0.325 e. The topological polar surface area (TPSA) is 78.5 Å². The van der Waals surface area contributed by atoms with E-state index in [4.69, 9.17) is 0 Å². The maximum absolute atomic E-state index is 12.7. The van der Waals surface area contributed by atoms with Gasteiger partial charge in [0.25, 0.3) is 5.91 Å². The molecule has 0 saturated carbocycles. The number of rotatable bonds is 5. The normalized spacial score (nSPS) is 19.8. The molecule has 0 unspecified atom stereocenters. The number of urea groups is 1. The first-order valence-corrected chi connectivity index (χ1v) is 8.94. The summed E-state index contributed by atoms with van der Waals surface area (Å²) in [6, 6.07) is 8.70. The van der Waals surface area contributed by atoms with Crippen LogP contribution in [0.25, 0.3) is 0 Å². The van der Waals surface area contributed by atoms with Crippen molar-refractivity contribution in [2.45, 2.75) is 25.8 Å². The molecule has 1 atom stereocenters. The van der Waals surface area contributed by atoms with Crippen LogP contribution >= 0.6 is 11.3 Å². The molecule has 6 nitrogen and oxygen atoms in total. The van der Waals surface area contributed by atoms with Crippen molar-refractivity contribution >= 4 is 34.9 Å². The molecule has 1 aromatic carbocycles. The van der Waals surface area contributed by atoms with E-state index in [1.54, 1.807) is 19.1 Å². The third-order valence-electron chi connectivity index (χ3n) is 4.35. The molecule has 7 heteroatoms. The smallest absolute Gasteiger partial charge is 0.324 e. The molecule has 2 heterocycles. The first-order chi connectivity index (χ1) is 12.0. The van der Waals surface area contributed by atoms with Crippen molar-refractivity contribution in [1.82, 2.24) is 10.2 Å². The molecule has 1 aromatic heterocycles. The van der Waals surface area contributed by atoms with Crippen molar-refractivity contribution in [3.8, 4) is 0 Å². The highest BCUT2D eigenvalue weighted by molar-refractivity contribution is 7.08. The minimum absolute atomic E-state index is 0.317. The number of hydrogen-bond donors (Lipinski definition) is 2. The Hall–Kier alpha value is -2.67. The standard InChI is InChI=1S/C18H19N3O3S/c1-3-12-6-4-5-7-14(12)19-15(22)10-21-16(23)18(2,20-17(21)24)13-8-9-25-11-13/h4-9,11H,3,10H2,1-2H3,(H,19,22)(H,20,24)/t18-/m0/s1. The van der Waals surface area contributed by atoms with Crippen molar-refractivity contribution in [1.29, 1.82) is 0 Å². The van der Waals surface area contributed by atoms with Crippen LogP contribution in [0.1, 0.15) is 25.0 Å². The van der Waals surface area contributed by atoms with Crippen molar-refractivity contribution in [2.24, 2.45) is 0 Å². The Labute approximate surface area is 149 Å². The number of carbonyl (C=O) groups is 3. The van der Waals surface area contributed by atoms with Gasteiger partial charge >= 0.3 is 6.03 Å². The number of nitrogens with one attached hydrogen (secondary N) is 2. The molecule has 2 aromatic rings. The third kappa shape index (κ3) is 3.15. The van der Waals surface area contributed by atoms with Gasteiger partial charge in [-0.15, -0.1) is 0 Å². The van der Waals surface area contributed by atoms with E-state index in [1.165, 1.54) is 11.3 Å². The van der Waals surface area contributed by atoms with Crippen molar-refractivity contribution < 1.29 is 14.4 Å². The Kier molecular flexibility index (Phi) is 4.59. The Bertz CT molecular complexity index is 819. The van der Waals surface area contributed by atoms with E-state index in [0.29, 0.717) is 5.69 Å². The van der Waals surface area contributed by atoms with Gasteiger partial charge in [0.15, 0.2) is 0 Å². The van der Waals surface area contributed by atoms with Gasteiger partial charge in [-0.1, -0.05) is 25.1 Å². The monoisotopic (exact) mass is 357 g/mol. The molecule has 1 aliphatic rings. The predicted octanol–water partition coefficient (Wildman–Crippen LogP) is 2.72. The Morgan fingerprint density at radius 1 is 1.28 bits per heavy atom. The van der Waals surface area contributed by atoms with Gasteiger partial charge in [0.05, 0.1) is 0 Å². The summed E-state index contributed by atoms with van der Waals surface area (Å²) in [6.07, 6.45) is 0.774. The van der Waals surface area contributed by atoms with E-state index in [1.807, 2.05) is 35.9 Å². The molecule has 2 N–H and O–H groups in total. The highest BCUT2D eigenvalue weighted by atomic mass is 32.1. The number of para-hydroxylation sites is 1. The van der Waals surface area contributed by atoms with E-state index in [0.717, 1.165) is 22.4 Å². The zero-order chi connectivity index (χ0) is 18.0. The summed E-state index contributed by atoms with van der Waals surface area (Å²) in [5.74, 6) is -0.825. The summed E-state index contributed by atoms with van der Waals surface area (Å²) >= 11 is 1.45. The molecular weight excluding hydrogens is 338 g/mol. The van der Waals surface area contributed by atoms with Crippen LogP contribution in [-0.2, 0) is 21.5 Å². The number of nitrogens with zero attached hydrogens (tertiary/aromatic N) is 1. The van der Waals surface area contributed by atoms with Gasteiger partial charge in [-0.3, -0.25) is 14.5 Å². The van der Waals surface area contributed by atoms with E-state index in [9.17, 15) is 14.4 Å². The number of hydrogen-bond acceptors (Lipinski definition) is 4. The molecule has 1 aliphatic heterocycles. The number of carbonyl (C=O) groups excluding carboxylic acids is 3. The summed E-state index contributed by atoms with van der Waals surface area (Å²) in [4.78, 5) is 38.2. The maximum atomic E-state index is 12.7. The fourth-order valence-corrected chi connectivity index (χ4v) is 3.63. The first-order valence-electron chi connectivity index (χ1n) is 8.00. The van der Waals surface area contributed by atoms with Gasteiger partial charge in [0.1, 0.15) is 12.1 Å². The number of thiophene rings is 1. The summed E-state index contributed by atoms with van der Waals surface area (Å²) < 4.78 is 0. The Morgan fingerprint density at radius 2 is 2.04 bits per heavy atom. The van der Waals surface area contributed by atoms with Gasteiger partial charge in [-0.05, 0) is 47.4 Å². The van der Waals surface area contributed by atoms with Crippen molar-refractivity contribution in [2.75, 3.05) is 11.9 Å². The van der Waals surface area contributed by atoms with Crippen LogP contribution in [0.3, 0.4) is 0 Å². The van der Waals surface area contributed by atoms with E-state index in [-0.39, 0.29) is 6.54 Å². The lowest BCUT2D eigenvalue weighted by molar-refractivity contribution is -0.133. The molecule has 130 valence electrons. The number of anilines is 1. The Morgan fingerprint density at radius 3 is 2.72 bits per heavy atom. The third-order valence-corrected chi connectivity index (χ3v) is 5.03. The lowest BCUT2D eigenvalue weighted by Gasteiger charge is -2.20. The zero-order valence-corrected chi connectivity index (χ0v) is 14.9. The van der Waals surface area contributed by atoms with Crippen LogP contribution < -0.4 is 10.6 Å². The lowest BCUT2D eigenvalue weighted by Crippen LogP contribution is -2.41. The van der Waals surface area contributed by atoms with Crippen LogP contribution in [0.2, 0.25) is 0 Å².